The Morgan fingerprint density at radius 3 is 2.67 bits per heavy atom. The molecule has 0 bridgehead atoms. The Balaban J connectivity index is 3.08. The molecule has 1 aromatic rings. The molecule has 4 N–H and O–H groups in total. The third kappa shape index (κ3) is 1.81. The highest BCUT2D eigenvalue weighted by molar-refractivity contribution is 5.26. The molecule has 0 radical (unpaired) electrons. The van der Waals surface area contributed by atoms with Gasteiger partial charge < -0.3 is 11.5 Å². The number of nitrogens with two attached hydrogens (primary N) is 2. The Morgan fingerprint density at radius 1 is 1.50 bits per heavy atom. The van der Waals surface area contributed by atoms with Gasteiger partial charge in [-0.15, -0.1) is 0 Å². The standard InChI is InChI=1S/C9H13FN2/c1-6(12)8-4-7(5-11)2-3-9(8)10/h2-4,6H,5,11-12H2,1H3. The lowest BCUT2D eigenvalue weighted by molar-refractivity contribution is 0.592. The van der Waals surface area contributed by atoms with Gasteiger partial charge in [-0.2, -0.15) is 0 Å². The van der Waals surface area contributed by atoms with E-state index in [1.807, 2.05) is 0 Å². The van der Waals surface area contributed by atoms with Crippen LogP contribution >= 0.6 is 0 Å². The fraction of sp³-hybridized carbons (Fsp3) is 0.333. The second-order valence-corrected chi connectivity index (χ2v) is 2.85. The first kappa shape index (κ1) is 9.16. The lowest BCUT2D eigenvalue weighted by Gasteiger charge is -2.08. The fourth-order valence-corrected chi connectivity index (χ4v) is 1.07. The van der Waals surface area contributed by atoms with E-state index in [-0.39, 0.29) is 11.9 Å². The van der Waals surface area contributed by atoms with Gasteiger partial charge in [-0.05, 0) is 18.6 Å². The fourth-order valence-electron chi connectivity index (χ4n) is 1.07. The Morgan fingerprint density at radius 2 is 2.17 bits per heavy atom. The van der Waals surface area contributed by atoms with Crippen molar-refractivity contribution >= 4 is 0 Å². The molecule has 0 amide bonds. The molecule has 1 rings (SSSR count). The maximum absolute atomic E-state index is 13.0. The van der Waals surface area contributed by atoms with Crippen molar-refractivity contribution in [3.8, 4) is 0 Å². The average molecular weight is 168 g/mol. The molecule has 0 fully saturated rings. The zero-order valence-electron chi connectivity index (χ0n) is 7.05. The summed E-state index contributed by atoms with van der Waals surface area (Å²) in [5.74, 6) is -0.262. The molecule has 0 saturated carbocycles. The van der Waals surface area contributed by atoms with Crippen LogP contribution in [0.1, 0.15) is 24.1 Å². The summed E-state index contributed by atoms with van der Waals surface area (Å²) in [5.41, 5.74) is 12.4. The van der Waals surface area contributed by atoms with E-state index in [0.29, 0.717) is 12.1 Å². The SMILES string of the molecule is CC(N)c1cc(CN)ccc1F. The molecule has 1 atom stereocenters. The first-order valence-electron chi connectivity index (χ1n) is 3.89. The molecule has 0 aliphatic carbocycles. The third-order valence-corrected chi connectivity index (χ3v) is 1.79. The minimum Gasteiger partial charge on any atom is -0.326 e. The summed E-state index contributed by atoms with van der Waals surface area (Å²) in [5, 5.41) is 0. The monoisotopic (exact) mass is 168 g/mol. The summed E-state index contributed by atoms with van der Waals surface area (Å²) in [6, 6.07) is 4.50. The zero-order valence-corrected chi connectivity index (χ0v) is 7.05. The first-order valence-corrected chi connectivity index (χ1v) is 3.89. The number of hydrogen-bond acceptors (Lipinski definition) is 2. The van der Waals surface area contributed by atoms with E-state index in [1.54, 1.807) is 19.1 Å². The molecule has 12 heavy (non-hydrogen) atoms. The van der Waals surface area contributed by atoms with Gasteiger partial charge in [0.1, 0.15) is 5.82 Å². The van der Waals surface area contributed by atoms with Gasteiger partial charge in [0.15, 0.2) is 0 Å². The zero-order chi connectivity index (χ0) is 9.14. The Kier molecular flexibility index (Phi) is 2.78. The molecule has 3 heteroatoms. The molecular weight excluding hydrogens is 155 g/mol. The summed E-state index contributed by atoms with van der Waals surface area (Å²) < 4.78 is 13.0. The number of rotatable bonds is 2. The van der Waals surface area contributed by atoms with Crippen LogP contribution in [0.2, 0.25) is 0 Å². The van der Waals surface area contributed by atoms with E-state index in [1.165, 1.54) is 6.07 Å². The van der Waals surface area contributed by atoms with Crippen molar-refractivity contribution in [3.05, 3.63) is 35.1 Å². The van der Waals surface area contributed by atoms with E-state index in [2.05, 4.69) is 0 Å². The van der Waals surface area contributed by atoms with Gasteiger partial charge >= 0.3 is 0 Å². The maximum atomic E-state index is 13.0. The number of halogens is 1. The predicted molar refractivity (Wildman–Crippen MR) is 46.9 cm³/mol. The summed E-state index contributed by atoms with van der Waals surface area (Å²) in [6.45, 7) is 2.17. The van der Waals surface area contributed by atoms with Crippen molar-refractivity contribution in [2.75, 3.05) is 0 Å². The molecule has 1 aromatic carbocycles. The minimum absolute atomic E-state index is 0.262. The van der Waals surface area contributed by atoms with Crippen LogP contribution in [-0.2, 0) is 6.54 Å². The van der Waals surface area contributed by atoms with E-state index < -0.39 is 0 Å². The van der Waals surface area contributed by atoms with Crippen LogP contribution in [0.4, 0.5) is 4.39 Å². The van der Waals surface area contributed by atoms with Gasteiger partial charge in [0, 0.05) is 18.2 Å². The summed E-state index contributed by atoms with van der Waals surface area (Å²) in [7, 11) is 0. The minimum atomic E-state index is -0.281. The van der Waals surface area contributed by atoms with E-state index in [0.717, 1.165) is 5.56 Å². The molecule has 0 aliphatic heterocycles. The largest absolute Gasteiger partial charge is 0.326 e. The lowest BCUT2D eigenvalue weighted by atomic mass is 10.1. The molecule has 2 nitrogen and oxygen atoms in total. The first-order chi connectivity index (χ1) is 5.65. The van der Waals surface area contributed by atoms with Gasteiger partial charge in [-0.3, -0.25) is 0 Å². The molecular formula is C9H13FN2. The van der Waals surface area contributed by atoms with Gasteiger partial charge in [-0.1, -0.05) is 12.1 Å². The quantitative estimate of drug-likeness (QED) is 0.699. The summed E-state index contributed by atoms with van der Waals surface area (Å²) >= 11 is 0. The van der Waals surface area contributed by atoms with Crippen LogP contribution in [0.5, 0.6) is 0 Å². The Bertz CT molecular complexity index is 271. The average Bonchev–Trinajstić information content (AvgIpc) is 2.05. The van der Waals surface area contributed by atoms with Crippen molar-refractivity contribution in [2.45, 2.75) is 19.5 Å². The topological polar surface area (TPSA) is 52.0 Å². The number of benzene rings is 1. The van der Waals surface area contributed by atoms with Gasteiger partial charge in [0.2, 0.25) is 0 Å². The van der Waals surface area contributed by atoms with Crippen molar-refractivity contribution in [1.29, 1.82) is 0 Å². The smallest absolute Gasteiger partial charge is 0.127 e. The van der Waals surface area contributed by atoms with Crippen LogP contribution in [0.3, 0.4) is 0 Å². The van der Waals surface area contributed by atoms with Crippen LogP contribution in [-0.4, -0.2) is 0 Å². The Labute approximate surface area is 71.4 Å². The maximum Gasteiger partial charge on any atom is 0.127 e. The van der Waals surface area contributed by atoms with E-state index in [9.17, 15) is 4.39 Å². The van der Waals surface area contributed by atoms with Gasteiger partial charge in [0.25, 0.3) is 0 Å². The summed E-state index contributed by atoms with van der Waals surface area (Å²) in [6.07, 6.45) is 0. The molecule has 0 saturated heterocycles. The van der Waals surface area contributed by atoms with Crippen molar-refractivity contribution in [3.63, 3.8) is 0 Å². The molecule has 0 aliphatic rings. The van der Waals surface area contributed by atoms with Gasteiger partial charge in [-0.25, -0.2) is 4.39 Å². The van der Waals surface area contributed by atoms with Crippen molar-refractivity contribution in [1.82, 2.24) is 0 Å². The molecule has 0 spiro atoms. The van der Waals surface area contributed by atoms with Crippen molar-refractivity contribution in [2.24, 2.45) is 11.5 Å². The van der Waals surface area contributed by atoms with Crippen LogP contribution in [0.25, 0.3) is 0 Å². The van der Waals surface area contributed by atoms with Crippen LogP contribution in [0, 0.1) is 5.82 Å². The molecule has 66 valence electrons. The van der Waals surface area contributed by atoms with Crippen LogP contribution in [0.15, 0.2) is 18.2 Å². The second kappa shape index (κ2) is 3.65. The highest BCUT2D eigenvalue weighted by Gasteiger charge is 2.06. The molecule has 0 heterocycles. The highest BCUT2D eigenvalue weighted by Crippen LogP contribution is 2.15. The Hall–Kier alpha value is -0.930. The van der Waals surface area contributed by atoms with E-state index in [4.69, 9.17) is 11.5 Å². The van der Waals surface area contributed by atoms with E-state index >= 15 is 0 Å². The van der Waals surface area contributed by atoms with Crippen molar-refractivity contribution < 1.29 is 4.39 Å². The number of hydrogen-bond donors (Lipinski definition) is 2. The summed E-state index contributed by atoms with van der Waals surface area (Å²) in [4.78, 5) is 0. The normalized spacial score (nSPS) is 13.0. The third-order valence-electron chi connectivity index (χ3n) is 1.79. The molecule has 0 aromatic heterocycles. The predicted octanol–water partition coefficient (Wildman–Crippen LogP) is 1.30. The van der Waals surface area contributed by atoms with Gasteiger partial charge in [0.05, 0.1) is 0 Å². The second-order valence-electron chi connectivity index (χ2n) is 2.85. The molecule has 1 unspecified atom stereocenters. The van der Waals surface area contributed by atoms with Crippen LogP contribution < -0.4 is 11.5 Å². The lowest BCUT2D eigenvalue weighted by Crippen LogP contribution is -2.09. The highest BCUT2D eigenvalue weighted by atomic mass is 19.1.